The van der Waals surface area contributed by atoms with Gasteiger partial charge in [0.05, 0.1) is 19.6 Å². The molecule has 0 amide bonds. The van der Waals surface area contributed by atoms with Gasteiger partial charge in [-0.15, -0.1) is 0 Å². The van der Waals surface area contributed by atoms with Gasteiger partial charge in [0.15, 0.2) is 0 Å². The van der Waals surface area contributed by atoms with E-state index in [2.05, 4.69) is 19.7 Å². The van der Waals surface area contributed by atoms with E-state index in [-0.39, 0.29) is 16.8 Å². The van der Waals surface area contributed by atoms with Crippen LogP contribution in [-0.4, -0.2) is 14.2 Å². The van der Waals surface area contributed by atoms with E-state index in [1.807, 2.05) is 19.1 Å². The van der Waals surface area contributed by atoms with Crippen LogP contribution in [0.1, 0.15) is 22.5 Å². The van der Waals surface area contributed by atoms with Crippen LogP contribution in [0.4, 0.5) is 0 Å². The van der Waals surface area contributed by atoms with Gasteiger partial charge in [0.2, 0.25) is 5.43 Å². The molecule has 0 atom stereocenters. The highest BCUT2D eigenvalue weighted by atomic mass is 16.5. The van der Waals surface area contributed by atoms with E-state index < -0.39 is 0 Å². The van der Waals surface area contributed by atoms with Crippen molar-refractivity contribution in [2.45, 2.75) is 6.92 Å². The number of hydrogen-bond donors (Lipinski definition) is 0. The van der Waals surface area contributed by atoms with Crippen LogP contribution in [0.3, 0.4) is 0 Å². The fourth-order valence-electron chi connectivity index (χ4n) is 2.50. The molecule has 4 nitrogen and oxygen atoms in total. The van der Waals surface area contributed by atoms with Crippen molar-refractivity contribution >= 4 is 28.9 Å². The minimum absolute atomic E-state index is 0.205. The Hall–Kier alpha value is -3.01. The predicted octanol–water partition coefficient (Wildman–Crippen LogP) is 4.53. The number of allylic oxidation sites excluding steroid dienone is 1. The molecule has 2 aromatic rings. The van der Waals surface area contributed by atoms with Gasteiger partial charge < -0.3 is 13.9 Å². The molecule has 0 aliphatic carbocycles. The van der Waals surface area contributed by atoms with Crippen molar-refractivity contribution in [3.63, 3.8) is 0 Å². The zero-order chi connectivity index (χ0) is 17.9. The molecule has 0 spiro atoms. The van der Waals surface area contributed by atoms with Crippen molar-refractivity contribution in [1.29, 1.82) is 0 Å². The van der Waals surface area contributed by atoms with Gasteiger partial charge in [-0.1, -0.05) is 25.8 Å². The Morgan fingerprint density at radius 2 is 1.92 bits per heavy atom. The number of methoxy groups -OCH3 is 2. The van der Waals surface area contributed by atoms with Gasteiger partial charge in [-0.3, -0.25) is 4.79 Å². The Morgan fingerprint density at radius 3 is 2.46 bits per heavy atom. The predicted molar refractivity (Wildman–Crippen MR) is 98.5 cm³/mol. The molecule has 24 heavy (non-hydrogen) atoms. The molecular weight excluding hydrogens is 304 g/mol. The van der Waals surface area contributed by atoms with Crippen molar-refractivity contribution in [3.8, 4) is 0 Å². The second-order valence-corrected chi connectivity index (χ2v) is 5.11. The normalized spacial score (nSPS) is 11.2. The molecule has 1 aromatic heterocycles. The van der Waals surface area contributed by atoms with Crippen LogP contribution in [0.2, 0.25) is 0 Å². The summed E-state index contributed by atoms with van der Waals surface area (Å²) in [6, 6.07) is 3.61. The monoisotopic (exact) mass is 324 g/mol. The Labute approximate surface area is 141 Å². The SMILES string of the molecule is C=C/C(=C\c1ccc2oc(C=C)c(C(=C)OC)c(=O)c2c1C)OC. The van der Waals surface area contributed by atoms with E-state index in [0.717, 1.165) is 11.1 Å². The lowest BCUT2D eigenvalue weighted by Gasteiger charge is -2.11. The number of hydrogen-bond acceptors (Lipinski definition) is 4. The summed E-state index contributed by atoms with van der Waals surface area (Å²) in [5, 5.41) is 0.474. The highest BCUT2D eigenvalue weighted by molar-refractivity contribution is 5.87. The maximum atomic E-state index is 13.0. The third-order valence-corrected chi connectivity index (χ3v) is 3.83. The quantitative estimate of drug-likeness (QED) is 0.578. The van der Waals surface area contributed by atoms with Crippen LogP contribution in [0.15, 0.2) is 52.9 Å². The van der Waals surface area contributed by atoms with E-state index in [9.17, 15) is 4.79 Å². The second-order valence-electron chi connectivity index (χ2n) is 5.11. The van der Waals surface area contributed by atoms with Crippen LogP contribution in [0.5, 0.6) is 0 Å². The number of ether oxygens (including phenoxy) is 2. The Balaban J connectivity index is 2.88. The molecule has 4 heteroatoms. The molecule has 0 unspecified atom stereocenters. The molecule has 0 fully saturated rings. The van der Waals surface area contributed by atoms with Gasteiger partial charge in [-0.25, -0.2) is 0 Å². The first-order chi connectivity index (χ1) is 11.5. The molecule has 0 N–H and O–H groups in total. The average molecular weight is 324 g/mol. The van der Waals surface area contributed by atoms with E-state index in [4.69, 9.17) is 13.9 Å². The van der Waals surface area contributed by atoms with Crippen molar-refractivity contribution in [2.24, 2.45) is 0 Å². The summed E-state index contributed by atoms with van der Waals surface area (Å²) >= 11 is 0. The lowest BCUT2D eigenvalue weighted by atomic mass is 10.00. The van der Waals surface area contributed by atoms with Gasteiger partial charge in [0.25, 0.3) is 0 Å². The Morgan fingerprint density at radius 1 is 1.21 bits per heavy atom. The average Bonchev–Trinajstić information content (AvgIpc) is 2.60. The maximum absolute atomic E-state index is 13.0. The fraction of sp³-hybridized carbons (Fsp3) is 0.150. The molecule has 1 heterocycles. The lowest BCUT2D eigenvalue weighted by Crippen LogP contribution is -2.12. The minimum atomic E-state index is -0.205. The van der Waals surface area contributed by atoms with E-state index in [0.29, 0.717) is 22.5 Å². The Bertz CT molecular complexity index is 913. The first-order valence-electron chi connectivity index (χ1n) is 7.32. The smallest absolute Gasteiger partial charge is 0.204 e. The summed E-state index contributed by atoms with van der Waals surface area (Å²) in [5.74, 6) is 1.18. The summed E-state index contributed by atoms with van der Waals surface area (Å²) in [6.45, 7) is 13.0. The summed E-state index contributed by atoms with van der Waals surface area (Å²) in [6.07, 6.45) is 4.89. The molecule has 0 aliphatic heterocycles. The molecule has 0 bridgehead atoms. The zero-order valence-electron chi connectivity index (χ0n) is 14.1. The van der Waals surface area contributed by atoms with Gasteiger partial charge in [-0.05, 0) is 42.3 Å². The molecule has 2 rings (SSSR count). The summed E-state index contributed by atoms with van der Waals surface area (Å²) in [5.41, 5.74) is 2.17. The molecule has 0 aliphatic rings. The van der Waals surface area contributed by atoms with Crippen LogP contribution >= 0.6 is 0 Å². The van der Waals surface area contributed by atoms with Crippen molar-refractivity contribution in [2.75, 3.05) is 14.2 Å². The molecule has 0 saturated carbocycles. The summed E-state index contributed by atoms with van der Waals surface area (Å²) < 4.78 is 16.1. The standard InChI is InChI=1S/C20H20O4/c1-7-15(23-6)11-14-9-10-17-18(12(14)3)20(21)19(13(4)22-5)16(8-2)24-17/h7-11H,1-2,4H2,3,5-6H3/b15-11+. The van der Waals surface area contributed by atoms with Gasteiger partial charge in [0, 0.05) is 0 Å². The fourth-order valence-corrected chi connectivity index (χ4v) is 2.50. The van der Waals surface area contributed by atoms with Gasteiger partial charge in [-0.2, -0.15) is 0 Å². The Kier molecular flexibility index (Phi) is 5.09. The largest absolute Gasteiger partial charge is 0.497 e. The van der Waals surface area contributed by atoms with Crippen molar-refractivity contribution in [1.82, 2.24) is 0 Å². The first kappa shape index (κ1) is 17.3. The first-order valence-corrected chi connectivity index (χ1v) is 7.32. The molecule has 1 aromatic carbocycles. The third kappa shape index (κ3) is 2.91. The van der Waals surface area contributed by atoms with Crippen molar-refractivity contribution in [3.05, 3.63) is 76.4 Å². The second kappa shape index (κ2) is 7.04. The number of fused-ring (bicyclic) bond motifs is 1. The number of rotatable bonds is 6. The lowest BCUT2D eigenvalue weighted by molar-refractivity contribution is 0.311. The molecule has 124 valence electrons. The maximum Gasteiger partial charge on any atom is 0.204 e. The van der Waals surface area contributed by atoms with Crippen LogP contribution in [-0.2, 0) is 9.47 Å². The summed E-state index contributed by atoms with van der Waals surface area (Å²) in [7, 11) is 3.02. The van der Waals surface area contributed by atoms with Crippen molar-refractivity contribution < 1.29 is 13.9 Å². The van der Waals surface area contributed by atoms with Crippen LogP contribution < -0.4 is 5.43 Å². The number of benzene rings is 1. The van der Waals surface area contributed by atoms with E-state index in [1.54, 1.807) is 19.3 Å². The molecule has 0 radical (unpaired) electrons. The minimum Gasteiger partial charge on any atom is -0.497 e. The van der Waals surface area contributed by atoms with Crippen LogP contribution in [0, 0.1) is 6.92 Å². The van der Waals surface area contributed by atoms with Gasteiger partial charge >= 0.3 is 0 Å². The van der Waals surface area contributed by atoms with Crippen LogP contribution in [0.25, 0.3) is 28.9 Å². The summed E-state index contributed by atoms with van der Waals surface area (Å²) in [4.78, 5) is 13.0. The molecule has 0 saturated heterocycles. The molecular formula is C20H20O4. The highest BCUT2D eigenvalue weighted by Crippen LogP contribution is 2.26. The zero-order valence-corrected chi connectivity index (χ0v) is 14.1. The van der Waals surface area contributed by atoms with E-state index >= 15 is 0 Å². The topological polar surface area (TPSA) is 48.7 Å². The highest BCUT2D eigenvalue weighted by Gasteiger charge is 2.18. The number of aryl methyl sites for hydroxylation is 1. The van der Waals surface area contributed by atoms with Gasteiger partial charge in [0.1, 0.15) is 28.4 Å². The third-order valence-electron chi connectivity index (χ3n) is 3.83. The van der Waals surface area contributed by atoms with E-state index in [1.165, 1.54) is 13.2 Å².